The Bertz CT molecular complexity index is 260. The summed E-state index contributed by atoms with van der Waals surface area (Å²) >= 11 is 0. The lowest BCUT2D eigenvalue weighted by Gasteiger charge is -1.88. The molecule has 0 saturated carbocycles. The van der Waals surface area contributed by atoms with Gasteiger partial charge in [0.2, 0.25) is 0 Å². The summed E-state index contributed by atoms with van der Waals surface area (Å²) in [5.74, 6) is 0. The van der Waals surface area contributed by atoms with Gasteiger partial charge in [-0.1, -0.05) is 42.5 Å². The monoisotopic (exact) mass is 160 g/mol. The molecular weight excluding hydrogens is 148 g/mol. The molecule has 1 nitrogen and oxygen atoms in total. The SMILES string of the molecule is COC=CC=Cc1ccccc1. The average molecular weight is 160 g/mol. The van der Waals surface area contributed by atoms with Gasteiger partial charge in [0.05, 0.1) is 13.4 Å². The van der Waals surface area contributed by atoms with Crippen LogP contribution in [-0.4, -0.2) is 7.11 Å². The van der Waals surface area contributed by atoms with E-state index in [4.69, 9.17) is 4.74 Å². The molecule has 0 atom stereocenters. The number of methoxy groups -OCH3 is 1. The van der Waals surface area contributed by atoms with Crippen LogP contribution in [0, 0.1) is 0 Å². The van der Waals surface area contributed by atoms with Crippen molar-refractivity contribution in [1.29, 1.82) is 0 Å². The Labute approximate surface area is 73.0 Å². The summed E-state index contributed by atoms with van der Waals surface area (Å²) in [6, 6.07) is 10.1. The van der Waals surface area contributed by atoms with Crippen molar-refractivity contribution in [1.82, 2.24) is 0 Å². The molecule has 0 aliphatic rings. The fourth-order valence-electron chi connectivity index (χ4n) is 0.855. The smallest absolute Gasteiger partial charge is 0.0824 e. The zero-order chi connectivity index (χ0) is 8.65. The third-order valence-corrected chi connectivity index (χ3v) is 1.41. The first kappa shape index (κ1) is 8.60. The van der Waals surface area contributed by atoms with Crippen molar-refractivity contribution in [3.8, 4) is 0 Å². The molecule has 0 aromatic heterocycles. The van der Waals surface area contributed by atoms with Gasteiger partial charge in [-0.2, -0.15) is 0 Å². The minimum atomic E-state index is 1.19. The highest BCUT2D eigenvalue weighted by atomic mass is 16.5. The van der Waals surface area contributed by atoms with Gasteiger partial charge in [0, 0.05) is 0 Å². The van der Waals surface area contributed by atoms with Gasteiger partial charge in [-0.3, -0.25) is 0 Å². The van der Waals surface area contributed by atoms with Gasteiger partial charge >= 0.3 is 0 Å². The van der Waals surface area contributed by atoms with Gasteiger partial charge in [0.1, 0.15) is 0 Å². The predicted octanol–water partition coefficient (Wildman–Crippen LogP) is 2.86. The first-order chi connectivity index (χ1) is 5.93. The fourth-order valence-corrected chi connectivity index (χ4v) is 0.855. The lowest BCUT2D eigenvalue weighted by Crippen LogP contribution is -1.67. The highest BCUT2D eigenvalue weighted by Crippen LogP contribution is 2.00. The van der Waals surface area contributed by atoms with E-state index < -0.39 is 0 Å². The summed E-state index contributed by atoms with van der Waals surface area (Å²) in [6.07, 6.45) is 7.46. The second-order valence-electron chi connectivity index (χ2n) is 2.33. The second-order valence-corrected chi connectivity index (χ2v) is 2.33. The van der Waals surface area contributed by atoms with Crippen molar-refractivity contribution in [2.75, 3.05) is 7.11 Å². The van der Waals surface area contributed by atoms with Crippen LogP contribution in [0.25, 0.3) is 6.08 Å². The van der Waals surface area contributed by atoms with E-state index in [0.29, 0.717) is 0 Å². The van der Waals surface area contributed by atoms with Gasteiger partial charge in [-0.25, -0.2) is 0 Å². The largest absolute Gasteiger partial charge is 0.504 e. The molecule has 1 heteroatoms. The molecule has 1 aromatic rings. The molecule has 0 aliphatic heterocycles. The molecule has 0 amide bonds. The van der Waals surface area contributed by atoms with Crippen LogP contribution in [-0.2, 0) is 4.74 Å². The molecule has 0 aliphatic carbocycles. The molecule has 62 valence electrons. The Hall–Kier alpha value is -1.50. The first-order valence-electron chi connectivity index (χ1n) is 3.84. The topological polar surface area (TPSA) is 9.23 Å². The van der Waals surface area contributed by atoms with E-state index in [1.54, 1.807) is 13.4 Å². The maximum absolute atomic E-state index is 4.75. The summed E-state index contributed by atoms with van der Waals surface area (Å²) in [5.41, 5.74) is 1.19. The van der Waals surface area contributed by atoms with Crippen molar-refractivity contribution in [2.45, 2.75) is 0 Å². The Kier molecular flexibility index (Phi) is 3.72. The van der Waals surface area contributed by atoms with E-state index in [1.807, 2.05) is 36.4 Å². The first-order valence-corrected chi connectivity index (χ1v) is 3.84. The van der Waals surface area contributed by atoms with Crippen molar-refractivity contribution >= 4 is 6.08 Å². The molecule has 0 heterocycles. The molecule has 1 aromatic carbocycles. The predicted molar refractivity (Wildman–Crippen MR) is 51.6 cm³/mol. The molecule has 1 rings (SSSR count). The van der Waals surface area contributed by atoms with Crippen LogP contribution in [0.15, 0.2) is 48.7 Å². The van der Waals surface area contributed by atoms with Crippen LogP contribution in [0.4, 0.5) is 0 Å². The van der Waals surface area contributed by atoms with Crippen molar-refractivity contribution < 1.29 is 4.74 Å². The highest BCUT2D eigenvalue weighted by Gasteiger charge is 1.78. The van der Waals surface area contributed by atoms with Gasteiger partial charge in [-0.05, 0) is 11.6 Å². The number of hydrogen-bond donors (Lipinski definition) is 0. The highest BCUT2D eigenvalue weighted by molar-refractivity contribution is 5.50. The zero-order valence-electron chi connectivity index (χ0n) is 7.10. The molecule has 0 bridgehead atoms. The molecule has 0 unspecified atom stereocenters. The van der Waals surface area contributed by atoms with Crippen LogP contribution in [0.5, 0.6) is 0 Å². The number of hydrogen-bond acceptors (Lipinski definition) is 1. The summed E-state index contributed by atoms with van der Waals surface area (Å²) in [6.45, 7) is 0. The summed E-state index contributed by atoms with van der Waals surface area (Å²) in [5, 5.41) is 0. The standard InChI is InChI=1S/C11H12O/c1-12-10-6-5-9-11-7-3-2-4-8-11/h2-10H,1H3. The van der Waals surface area contributed by atoms with Crippen LogP contribution in [0.1, 0.15) is 5.56 Å². The molecular formula is C11H12O. The van der Waals surface area contributed by atoms with Gasteiger partial charge < -0.3 is 4.74 Å². The molecule has 0 N–H and O–H groups in total. The molecule has 0 fully saturated rings. The van der Waals surface area contributed by atoms with E-state index in [-0.39, 0.29) is 0 Å². The molecule has 0 saturated heterocycles. The molecule has 0 spiro atoms. The number of allylic oxidation sites excluding steroid dienone is 2. The number of rotatable bonds is 3. The Balaban J connectivity index is 2.52. The van der Waals surface area contributed by atoms with Crippen LogP contribution < -0.4 is 0 Å². The van der Waals surface area contributed by atoms with Crippen LogP contribution in [0.2, 0.25) is 0 Å². The van der Waals surface area contributed by atoms with E-state index >= 15 is 0 Å². The third-order valence-electron chi connectivity index (χ3n) is 1.41. The normalized spacial score (nSPS) is 11.1. The maximum atomic E-state index is 4.75. The van der Waals surface area contributed by atoms with E-state index in [9.17, 15) is 0 Å². The van der Waals surface area contributed by atoms with Gasteiger partial charge in [0.15, 0.2) is 0 Å². The Morgan fingerprint density at radius 3 is 2.50 bits per heavy atom. The average Bonchev–Trinajstić information content (AvgIpc) is 2.14. The Morgan fingerprint density at radius 2 is 1.83 bits per heavy atom. The van der Waals surface area contributed by atoms with Gasteiger partial charge in [-0.15, -0.1) is 0 Å². The Morgan fingerprint density at radius 1 is 1.08 bits per heavy atom. The lowest BCUT2D eigenvalue weighted by molar-refractivity contribution is 0.338. The van der Waals surface area contributed by atoms with Crippen LogP contribution >= 0.6 is 0 Å². The summed E-state index contributed by atoms with van der Waals surface area (Å²) in [4.78, 5) is 0. The molecule has 0 radical (unpaired) electrons. The number of benzene rings is 1. The summed E-state index contributed by atoms with van der Waals surface area (Å²) < 4.78 is 4.75. The van der Waals surface area contributed by atoms with Crippen molar-refractivity contribution in [2.24, 2.45) is 0 Å². The summed E-state index contributed by atoms with van der Waals surface area (Å²) in [7, 11) is 1.63. The minimum absolute atomic E-state index is 1.19. The van der Waals surface area contributed by atoms with Crippen molar-refractivity contribution in [3.63, 3.8) is 0 Å². The second kappa shape index (κ2) is 5.19. The maximum Gasteiger partial charge on any atom is 0.0824 e. The number of ether oxygens (including phenoxy) is 1. The zero-order valence-corrected chi connectivity index (χ0v) is 7.10. The quantitative estimate of drug-likeness (QED) is 0.488. The van der Waals surface area contributed by atoms with E-state index in [2.05, 4.69) is 12.1 Å². The van der Waals surface area contributed by atoms with Gasteiger partial charge in [0.25, 0.3) is 0 Å². The van der Waals surface area contributed by atoms with E-state index in [1.165, 1.54) is 5.56 Å². The van der Waals surface area contributed by atoms with Crippen LogP contribution in [0.3, 0.4) is 0 Å². The lowest BCUT2D eigenvalue weighted by atomic mass is 10.2. The van der Waals surface area contributed by atoms with Crippen molar-refractivity contribution in [3.05, 3.63) is 54.3 Å². The molecule has 12 heavy (non-hydrogen) atoms. The third kappa shape index (κ3) is 3.06. The fraction of sp³-hybridized carbons (Fsp3) is 0.0909. The minimum Gasteiger partial charge on any atom is -0.504 e. The van der Waals surface area contributed by atoms with E-state index in [0.717, 1.165) is 0 Å².